The molecule has 0 rings (SSSR count). The molecule has 0 radical (unpaired) electrons. The molecule has 0 bridgehead atoms. The molecule has 1 atom stereocenters. The van der Waals surface area contributed by atoms with E-state index >= 15 is 0 Å². The van der Waals surface area contributed by atoms with Crippen LogP contribution in [0.5, 0.6) is 0 Å². The van der Waals surface area contributed by atoms with Crippen LogP contribution in [0.1, 0.15) is 13.3 Å². The molecule has 0 heterocycles. The third kappa shape index (κ3) is 10.7. The van der Waals surface area contributed by atoms with Crippen molar-refractivity contribution in [2.75, 3.05) is 0 Å². The molecular formula is C12H33ClO3Si4. The fourth-order valence-electron chi connectivity index (χ4n) is 2.47. The lowest BCUT2D eigenvalue weighted by Gasteiger charge is -2.39. The molecule has 20 heavy (non-hydrogen) atoms. The molecule has 0 aliphatic heterocycles. The number of rotatable bonds is 9. The van der Waals surface area contributed by atoms with Gasteiger partial charge in [-0.25, -0.2) is 0 Å². The van der Waals surface area contributed by atoms with Crippen molar-refractivity contribution in [2.24, 2.45) is 0 Å². The van der Waals surface area contributed by atoms with E-state index in [4.69, 9.17) is 23.9 Å². The fourth-order valence-corrected chi connectivity index (χ4v) is 20.1. The van der Waals surface area contributed by atoms with Gasteiger partial charge in [-0.2, -0.15) is 0 Å². The zero-order chi connectivity index (χ0) is 16.2. The molecule has 1 unspecified atom stereocenters. The molecule has 0 spiro atoms. The van der Waals surface area contributed by atoms with Crippen LogP contribution < -0.4 is 0 Å². The van der Waals surface area contributed by atoms with Crippen molar-refractivity contribution in [1.29, 1.82) is 0 Å². The third-order valence-corrected chi connectivity index (χ3v) is 16.7. The third-order valence-electron chi connectivity index (χ3n) is 2.68. The van der Waals surface area contributed by atoms with Crippen LogP contribution >= 0.6 is 11.6 Å². The van der Waals surface area contributed by atoms with Gasteiger partial charge in [0.15, 0.2) is 17.4 Å². The highest BCUT2D eigenvalue weighted by molar-refractivity contribution is 6.87. The molecule has 0 aromatic carbocycles. The van der Waals surface area contributed by atoms with Gasteiger partial charge in [-0.15, -0.1) is 11.6 Å². The van der Waals surface area contributed by atoms with Crippen LogP contribution in [0.25, 0.3) is 0 Å². The summed E-state index contributed by atoms with van der Waals surface area (Å²) >= 11 is 6.06. The minimum absolute atomic E-state index is 0.220. The number of hydrogen-bond donors (Lipinski definition) is 0. The number of hydrogen-bond acceptors (Lipinski definition) is 3. The second-order valence-electron chi connectivity index (χ2n) is 7.25. The summed E-state index contributed by atoms with van der Waals surface area (Å²) in [5, 5.41) is 0.220. The zero-order valence-electron chi connectivity index (χ0n) is 14.7. The van der Waals surface area contributed by atoms with Crippen molar-refractivity contribution in [2.45, 2.75) is 77.1 Å². The van der Waals surface area contributed by atoms with Crippen LogP contribution in [0, 0.1) is 0 Å². The maximum atomic E-state index is 6.46. The highest BCUT2D eigenvalue weighted by Gasteiger charge is 2.40. The molecule has 0 N–H and O–H groups in total. The average molecular weight is 373 g/mol. The molecule has 3 nitrogen and oxygen atoms in total. The van der Waals surface area contributed by atoms with Crippen molar-refractivity contribution in [1.82, 2.24) is 0 Å². The first-order valence-corrected chi connectivity index (χ1v) is 19.4. The van der Waals surface area contributed by atoms with Gasteiger partial charge in [0, 0.05) is 5.38 Å². The maximum Gasteiger partial charge on any atom is 0.312 e. The number of alkyl halides is 1. The molecule has 0 saturated carbocycles. The summed E-state index contributed by atoms with van der Waals surface area (Å²) < 4.78 is 18.9. The smallest absolute Gasteiger partial charge is 0.312 e. The van der Waals surface area contributed by atoms with Gasteiger partial charge in [-0.05, 0) is 71.8 Å². The lowest BCUT2D eigenvalue weighted by molar-refractivity contribution is 0.333. The Morgan fingerprint density at radius 3 is 1.85 bits per heavy atom. The predicted molar refractivity (Wildman–Crippen MR) is 99.3 cm³/mol. The highest BCUT2D eigenvalue weighted by Crippen LogP contribution is 2.25. The Morgan fingerprint density at radius 2 is 1.45 bits per heavy atom. The topological polar surface area (TPSA) is 27.7 Å². The molecule has 8 heteroatoms. The van der Waals surface area contributed by atoms with E-state index in [-0.39, 0.29) is 5.38 Å². The van der Waals surface area contributed by atoms with Crippen molar-refractivity contribution in [3.8, 4) is 0 Å². The molecule has 122 valence electrons. The predicted octanol–water partition coefficient (Wildman–Crippen LogP) is 4.65. The summed E-state index contributed by atoms with van der Waals surface area (Å²) in [7, 11) is -6.97. The first-order valence-electron chi connectivity index (χ1n) is 7.47. The van der Waals surface area contributed by atoms with Crippen LogP contribution in [-0.4, -0.2) is 39.9 Å². The van der Waals surface area contributed by atoms with E-state index in [1.54, 1.807) is 0 Å². The van der Waals surface area contributed by atoms with Crippen molar-refractivity contribution in [3.63, 3.8) is 0 Å². The van der Waals surface area contributed by atoms with Gasteiger partial charge in [0.1, 0.15) is 0 Å². The van der Waals surface area contributed by atoms with Crippen LogP contribution in [-0.2, 0) is 12.3 Å². The van der Waals surface area contributed by atoms with Crippen LogP contribution in [0.15, 0.2) is 0 Å². The van der Waals surface area contributed by atoms with Crippen LogP contribution in [0.3, 0.4) is 0 Å². The van der Waals surface area contributed by atoms with E-state index in [9.17, 15) is 0 Å². The monoisotopic (exact) mass is 372 g/mol. The molecule has 0 amide bonds. The van der Waals surface area contributed by atoms with Gasteiger partial charge < -0.3 is 12.3 Å². The van der Waals surface area contributed by atoms with Gasteiger partial charge in [-0.1, -0.05) is 0 Å². The van der Waals surface area contributed by atoms with Crippen molar-refractivity contribution < 1.29 is 12.3 Å². The second kappa shape index (κ2) is 8.05. The average Bonchev–Trinajstić information content (AvgIpc) is 2.08. The molecule has 0 fully saturated rings. The first kappa shape index (κ1) is 21.0. The highest BCUT2D eigenvalue weighted by atomic mass is 35.5. The van der Waals surface area contributed by atoms with Crippen molar-refractivity contribution >= 4 is 46.1 Å². The molecular weight excluding hydrogens is 340 g/mol. The Hall–Kier alpha value is 1.04. The Bertz CT molecular complexity index is 296. The Labute approximate surface area is 135 Å². The Balaban J connectivity index is 4.56. The summed E-state index contributed by atoms with van der Waals surface area (Å²) in [5.41, 5.74) is 0. The summed E-state index contributed by atoms with van der Waals surface area (Å²) in [5.74, 6) is 0. The Morgan fingerprint density at radius 1 is 0.950 bits per heavy atom. The second-order valence-corrected chi connectivity index (χ2v) is 22.3. The molecule has 0 aliphatic rings. The molecule has 0 saturated heterocycles. The van der Waals surface area contributed by atoms with E-state index in [0.29, 0.717) is 0 Å². The summed E-state index contributed by atoms with van der Waals surface area (Å²) in [6.07, 6.45) is 1.02. The normalized spacial score (nSPS) is 15.8. The van der Waals surface area contributed by atoms with Crippen LogP contribution in [0.4, 0.5) is 0 Å². The van der Waals surface area contributed by atoms with Crippen LogP contribution in [0.2, 0.25) is 58.4 Å². The summed E-state index contributed by atoms with van der Waals surface area (Å²) in [6, 6.07) is 1.08. The van der Waals surface area contributed by atoms with Gasteiger partial charge >= 0.3 is 17.1 Å². The molecule has 0 aromatic heterocycles. The Kier molecular flexibility index (Phi) is 8.47. The minimum Gasteiger partial charge on any atom is -0.440 e. The lowest BCUT2D eigenvalue weighted by atomic mass is 10.4. The standard InChI is InChI=1S/C12H33ClO3Si4/c1-12(13)10-11-18(4,5)15-20(8,9)16-19(6,7)14-17(2)3/h12,17H,10-11H2,1-9H3. The lowest BCUT2D eigenvalue weighted by Crippen LogP contribution is -2.54. The molecule has 0 aromatic rings. The molecule has 0 aliphatic carbocycles. The van der Waals surface area contributed by atoms with E-state index in [1.165, 1.54) is 0 Å². The quantitative estimate of drug-likeness (QED) is 0.435. The maximum absolute atomic E-state index is 6.46. The van der Waals surface area contributed by atoms with Crippen molar-refractivity contribution in [3.05, 3.63) is 0 Å². The van der Waals surface area contributed by atoms with E-state index < -0.39 is 34.5 Å². The van der Waals surface area contributed by atoms with Gasteiger partial charge in [-0.3, -0.25) is 0 Å². The van der Waals surface area contributed by atoms with E-state index in [1.807, 2.05) is 6.92 Å². The van der Waals surface area contributed by atoms with E-state index in [0.717, 1.165) is 12.5 Å². The minimum atomic E-state index is -2.14. The SMILES string of the molecule is CC(Cl)CC[Si](C)(C)O[Si](C)(C)O[Si](C)(C)O[SiH](C)C. The summed E-state index contributed by atoms with van der Waals surface area (Å²) in [4.78, 5) is 0. The largest absolute Gasteiger partial charge is 0.440 e. The first-order chi connectivity index (χ1) is 8.75. The van der Waals surface area contributed by atoms with Gasteiger partial charge in [0.2, 0.25) is 0 Å². The number of halogens is 1. The fraction of sp³-hybridized carbons (Fsp3) is 1.00. The van der Waals surface area contributed by atoms with Gasteiger partial charge in [0.05, 0.1) is 0 Å². The zero-order valence-corrected chi connectivity index (χ0v) is 19.6. The van der Waals surface area contributed by atoms with E-state index in [2.05, 4.69) is 52.4 Å². The summed E-state index contributed by atoms with van der Waals surface area (Å²) in [6.45, 7) is 19.5. The van der Waals surface area contributed by atoms with Gasteiger partial charge in [0.25, 0.3) is 0 Å².